The van der Waals surface area contributed by atoms with E-state index in [0.29, 0.717) is 12.3 Å². The molecule has 0 aromatic carbocycles. The fraction of sp³-hybridized carbons (Fsp3) is 0.571. The van der Waals surface area contributed by atoms with Crippen LogP contribution in [0.1, 0.15) is 37.8 Å². The van der Waals surface area contributed by atoms with Crippen molar-refractivity contribution in [2.45, 2.75) is 32.2 Å². The molecule has 0 radical (unpaired) electrons. The summed E-state index contributed by atoms with van der Waals surface area (Å²) in [4.78, 5) is 15.8. The molecule has 1 aliphatic heterocycles. The second-order valence-corrected chi connectivity index (χ2v) is 4.97. The zero-order valence-electron chi connectivity index (χ0n) is 10.9. The lowest BCUT2D eigenvalue weighted by Crippen LogP contribution is -2.27. The molecule has 2 unspecified atom stereocenters. The number of carbonyl (C=O) groups is 1. The maximum atomic E-state index is 11.8. The van der Waals surface area contributed by atoms with Crippen molar-refractivity contribution in [2.75, 3.05) is 13.1 Å². The monoisotopic (exact) mass is 247 g/mol. The number of carbonyl (C=O) groups excluding carboxylic acids is 1. The van der Waals surface area contributed by atoms with E-state index >= 15 is 0 Å². The quantitative estimate of drug-likeness (QED) is 0.832. The van der Waals surface area contributed by atoms with Crippen molar-refractivity contribution in [1.29, 1.82) is 0 Å². The van der Waals surface area contributed by atoms with Crippen molar-refractivity contribution >= 4 is 5.91 Å². The van der Waals surface area contributed by atoms with Crippen LogP contribution in [0.25, 0.3) is 0 Å². The molecule has 1 aromatic heterocycles. The van der Waals surface area contributed by atoms with Crippen LogP contribution >= 0.6 is 0 Å². The van der Waals surface area contributed by atoms with Gasteiger partial charge in [-0.2, -0.15) is 0 Å². The van der Waals surface area contributed by atoms with Gasteiger partial charge in [0.25, 0.3) is 0 Å². The average molecular weight is 247 g/mol. The van der Waals surface area contributed by atoms with E-state index in [1.54, 1.807) is 12.4 Å². The SMILES string of the molecule is CC(NC(=O)CCC1CCNC1)c1ccncc1. The third-order valence-electron chi connectivity index (χ3n) is 3.53. The maximum absolute atomic E-state index is 11.8. The Kier molecular flexibility index (Phi) is 4.70. The Bertz CT molecular complexity index is 374. The van der Waals surface area contributed by atoms with Gasteiger partial charge in [0.1, 0.15) is 0 Å². The third-order valence-corrected chi connectivity index (χ3v) is 3.53. The van der Waals surface area contributed by atoms with Gasteiger partial charge in [-0.15, -0.1) is 0 Å². The Morgan fingerprint density at radius 1 is 1.56 bits per heavy atom. The molecule has 1 saturated heterocycles. The number of pyridine rings is 1. The molecule has 1 aliphatic rings. The van der Waals surface area contributed by atoms with Gasteiger partial charge in [-0.25, -0.2) is 0 Å². The number of rotatable bonds is 5. The number of aromatic nitrogens is 1. The van der Waals surface area contributed by atoms with E-state index in [4.69, 9.17) is 0 Å². The van der Waals surface area contributed by atoms with E-state index in [-0.39, 0.29) is 11.9 Å². The zero-order valence-corrected chi connectivity index (χ0v) is 10.9. The number of nitrogens with zero attached hydrogens (tertiary/aromatic N) is 1. The summed E-state index contributed by atoms with van der Waals surface area (Å²) in [5.41, 5.74) is 1.10. The maximum Gasteiger partial charge on any atom is 0.220 e. The first-order chi connectivity index (χ1) is 8.75. The average Bonchev–Trinajstić information content (AvgIpc) is 2.90. The lowest BCUT2D eigenvalue weighted by molar-refractivity contribution is -0.122. The first kappa shape index (κ1) is 13.0. The summed E-state index contributed by atoms with van der Waals surface area (Å²) in [5.74, 6) is 0.818. The molecule has 18 heavy (non-hydrogen) atoms. The zero-order chi connectivity index (χ0) is 12.8. The van der Waals surface area contributed by atoms with Crippen LogP contribution in [0.15, 0.2) is 24.5 Å². The first-order valence-electron chi connectivity index (χ1n) is 6.65. The Hall–Kier alpha value is -1.42. The van der Waals surface area contributed by atoms with Crippen LogP contribution in [0.2, 0.25) is 0 Å². The van der Waals surface area contributed by atoms with Gasteiger partial charge >= 0.3 is 0 Å². The Morgan fingerprint density at radius 3 is 3.00 bits per heavy atom. The Morgan fingerprint density at radius 2 is 2.33 bits per heavy atom. The number of hydrogen-bond donors (Lipinski definition) is 2. The number of hydrogen-bond acceptors (Lipinski definition) is 3. The number of amides is 1. The molecule has 0 bridgehead atoms. The predicted octanol–water partition coefficient (Wildman–Crippen LogP) is 1.65. The van der Waals surface area contributed by atoms with Crippen molar-refractivity contribution in [2.24, 2.45) is 5.92 Å². The molecule has 1 aromatic rings. The summed E-state index contributed by atoms with van der Waals surface area (Å²) in [5, 5.41) is 6.36. The smallest absolute Gasteiger partial charge is 0.220 e. The van der Waals surface area contributed by atoms with Crippen LogP contribution in [-0.2, 0) is 4.79 Å². The van der Waals surface area contributed by atoms with Crippen molar-refractivity contribution < 1.29 is 4.79 Å². The van der Waals surface area contributed by atoms with E-state index in [0.717, 1.165) is 25.1 Å². The third kappa shape index (κ3) is 3.81. The van der Waals surface area contributed by atoms with Gasteiger partial charge in [0, 0.05) is 18.8 Å². The fourth-order valence-electron chi connectivity index (χ4n) is 2.35. The second-order valence-electron chi connectivity index (χ2n) is 4.97. The predicted molar refractivity (Wildman–Crippen MR) is 71.0 cm³/mol. The van der Waals surface area contributed by atoms with E-state index in [2.05, 4.69) is 15.6 Å². The van der Waals surface area contributed by atoms with E-state index in [1.165, 1.54) is 6.42 Å². The van der Waals surface area contributed by atoms with Gasteiger partial charge in [0.05, 0.1) is 6.04 Å². The van der Waals surface area contributed by atoms with E-state index < -0.39 is 0 Å². The summed E-state index contributed by atoms with van der Waals surface area (Å²) >= 11 is 0. The fourth-order valence-corrected chi connectivity index (χ4v) is 2.35. The van der Waals surface area contributed by atoms with Gasteiger partial charge < -0.3 is 10.6 Å². The van der Waals surface area contributed by atoms with Crippen molar-refractivity contribution in [3.05, 3.63) is 30.1 Å². The molecule has 98 valence electrons. The highest BCUT2D eigenvalue weighted by Crippen LogP contribution is 2.15. The van der Waals surface area contributed by atoms with Crippen molar-refractivity contribution in [3.63, 3.8) is 0 Å². The molecule has 2 heterocycles. The summed E-state index contributed by atoms with van der Waals surface area (Å²) < 4.78 is 0. The molecule has 2 rings (SSSR count). The molecule has 4 nitrogen and oxygen atoms in total. The van der Waals surface area contributed by atoms with Crippen molar-refractivity contribution in [3.8, 4) is 0 Å². The molecule has 4 heteroatoms. The van der Waals surface area contributed by atoms with Gasteiger partial charge in [0.15, 0.2) is 0 Å². The molecular formula is C14H21N3O. The lowest BCUT2D eigenvalue weighted by atomic mass is 10.0. The molecule has 1 amide bonds. The molecular weight excluding hydrogens is 226 g/mol. The molecule has 0 saturated carbocycles. The molecule has 0 spiro atoms. The van der Waals surface area contributed by atoms with Gasteiger partial charge in [0.2, 0.25) is 5.91 Å². The largest absolute Gasteiger partial charge is 0.350 e. The molecule has 1 fully saturated rings. The van der Waals surface area contributed by atoms with Crippen LogP contribution in [0.4, 0.5) is 0 Å². The Labute approximate surface area is 108 Å². The highest BCUT2D eigenvalue weighted by molar-refractivity contribution is 5.76. The first-order valence-corrected chi connectivity index (χ1v) is 6.65. The van der Waals surface area contributed by atoms with Crippen LogP contribution < -0.4 is 10.6 Å². The van der Waals surface area contributed by atoms with Crippen LogP contribution in [0.5, 0.6) is 0 Å². The standard InChI is InChI=1S/C14H21N3O/c1-11(13-5-8-15-9-6-13)17-14(18)3-2-12-4-7-16-10-12/h5-6,8-9,11-12,16H,2-4,7,10H2,1H3,(H,17,18). The highest BCUT2D eigenvalue weighted by Gasteiger charge is 2.16. The summed E-state index contributed by atoms with van der Waals surface area (Å²) in [6, 6.07) is 3.93. The van der Waals surface area contributed by atoms with E-state index in [9.17, 15) is 4.79 Å². The van der Waals surface area contributed by atoms with Gasteiger partial charge in [-0.05, 0) is 56.5 Å². The normalized spacial score (nSPS) is 20.6. The molecule has 2 N–H and O–H groups in total. The number of nitrogens with one attached hydrogen (secondary N) is 2. The molecule has 2 atom stereocenters. The van der Waals surface area contributed by atoms with Gasteiger partial charge in [-0.3, -0.25) is 9.78 Å². The topological polar surface area (TPSA) is 54.0 Å². The Balaban J connectivity index is 1.73. The van der Waals surface area contributed by atoms with Crippen LogP contribution in [0, 0.1) is 5.92 Å². The minimum Gasteiger partial charge on any atom is -0.350 e. The van der Waals surface area contributed by atoms with Crippen LogP contribution in [-0.4, -0.2) is 24.0 Å². The summed E-state index contributed by atoms with van der Waals surface area (Å²) in [6.07, 6.45) is 6.32. The second kappa shape index (κ2) is 6.50. The van der Waals surface area contributed by atoms with E-state index in [1.807, 2.05) is 19.1 Å². The minimum atomic E-state index is 0.0576. The summed E-state index contributed by atoms with van der Waals surface area (Å²) in [7, 11) is 0. The molecule has 0 aliphatic carbocycles. The minimum absolute atomic E-state index is 0.0576. The van der Waals surface area contributed by atoms with Crippen LogP contribution in [0.3, 0.4) is 0 Å². The summed E-state index contributed by atoms with van der Waals surface area (Å²) in [6.45, 7) is 4.16. The van der Waals surface area contributed by atoms with Gasteiger partial charge in [-0.1, -0.05) is 0 Å². The highest BCUT2D eigenvalue weighted by atomic mass is 16.1. The lowest BCUT2D eigenvalue weighted by Gasteiger charge is -2.15. The van der Waals surface area contributed by atoms with Crippen molar-refractivity contribution in [1.82, 2.24) is 15.6 Å².